The van der Waals surface area contributed by atoms with Crippen LogP contribution in [0, 0.1) is 0 Å². The predicted octanol–water partition coefficient (Wildman–Crippen LogP) is 3.06. The van der Waals surface area contributed by atoms with Crippen LogP contribution in [0.1, 0.15) is 40.5 Å². The van der Waals surface area contributed by atoms with Gasteiger partial charge < -0.3 is 14.9 Å². The lowest BCUT2D eigenvalue weighted by Gasteiger charge is -2.10. The van der Waals surface area contributed by atoms with Gasteiger partial charge in [-0.2, -0.15) is 0 Å². The first-order valence-electron chi connectivity index (χ1n) is 8.50. The summed E-state index contributed by atoms with van der Waals surface area (Å²) < 4.78 is 10.8. The Balaban J connectivity index is 1.66. The average molecular weight is 403 g/mol. The number of nitrogens with zero attached hydrogens (tertiary/aromatic N) is 1. The lowest BCUT2D eigenvalue weighted by atomic mass is 10.1. The minimum Gasteiger partial charge on any atom is -0.453 e. The zero-order valence-corrected chi connectivity index (χ0v) is 16.0. The number of furan rings is 1. The van der Waals surface area contributed by atoms with Gasteiger partial charge in [0.05, 0.1) is 22.9 Å². The van der Waals surface area contributed by atoms with Crippen molar-refractivity contribution >= 4 is 40.0 Å². The molecule has 28 heavy (non-hydrogen) atoms. The number of halogens is 1. The van der Waals surface area contributed by atoms with Crippen LogP contribution >= 0.6 is 11.6 Å². The Bertz CT molecular complexity index is 1030. The van der Waals surface area contributed by atoms with Crippen LogP contribution in [0.15, 0.2) is 40.9 Å². The Labute approximate surface area is 166 Å². The number of hydrogen-bond acceptors (Lipinski definition) is 6. The third-order valence-electron chi connectivity index (χ3n) is 3.85. The monoisotopic (exact) mass is 402 g/mol. The maximum absolute atomic E-state index is 12.4. The molecule has 2 heterocycles. The van der Waals surface area contributed by atoms with E-state index in [1.807, 2.05) is 13.8 Å². The molecule has 3 aromatic rings. The van der Waals surface area contributed by atoms with Gasteiger partial charge in [0.25, 0.3) is 5.91 Å². The number of nitrogens with two attached hydrogens (primary N) is 1. The summed E-state index contributed by atoms with van der Waals surface area (Å²) in [5.41, 5.74) is 11.6. The van der Waals surface area contributed by atoms with E-state index in [4.69, 9.17) is 26.5 Å². The predicted molar refractivity (Wildman–Crippen MR) is 105 cm³/mol. The fourth-order valence-corrected chi connectivity index (χ4v) is 2.61. The molecule has 8 nitrogen and oxygen atoms in total. The number of anilines is 1. The van der Waals surface area contributed by atoms with Crippen LogP contribution in [-0.2, 0) is 11.3 Å². The van der Waals surface area contributed by atoms with E-state index in [-0.39, 0.29) is 29.7 Å². The van der Waals surface area contributed by atoms with Crippen molar-refractivity contribution < 1.29 is 18.7 Å². The fraction of sp³-hybridized carbons (Fsp3) is 0.211. The number of benzene rings is 1. The van der Waals surface area contributed by atoms with Crippen LogP contribution in [0.5, 0.6) is 0 Å². The zero-order valence-electron chi connectivity index (χ0n) is 15.3. The molecule has 2 amide bonds. The Morgan fingerprint density at radius 3 is 2.71 bits per heavy atom. The summed E-state index contributed by atoms with van der Waals surface area (Å²) in [7, 11) is 0. The topological polar surface area (TPSA) is 119 Å². The molecule has 0 unspecified atom stereocenters. The van der Waals surface area contributed by atoms with E-state index < -0.39 is 11.8 Å². The first kappa shape index (κ1) is 19.7. The van der Waals surface area contributed by atoms with E-state index in [0.717, 1.165) is 0 Å². The highest BCUT2D eigenvalue weighted by Crippen LogP contribution is 2.25. The summed E-state index contributed by atoms with van der Waals surface area (Å²) in [6.07, 6.45) is 1.37. The molecule has 0 atom stereocenters. The SMILES string of the molecule is CC(C)OCc1ccc(C(=O)NNC(=O)c2cnc3ccc(Cl)cc3c2N)o1. The number of ether oxygens (including phenoxy) is 1. The average Bonchev–Trinajstić information content (AvgIpc) is 3.14. The smallest absolute Gasteiger partial charge is 0.305 e. The van der Waals surface area contributed by atoms with E-state index in [1.165, 1.54) is 12.3 Å². The molecular formula is C19H19ClN4O4. The Morgan fingerprint density at radius 2 is 1.96 bits per heavy atom. The maximum Gasteiger partial charge on any atom is 0.305 e. The molecule has 0 radical (unpaired) electrons. The number of hydrazine groups is 1. The van der Waals surface area contributed by atoms with Crippen LogP contribution in [0.3, 0.4) is 0 Å². The molecule has 0 saturated heterocycles. The number of nitrogen functional groups attached to an aromatic ring is 1. The zero-order chi connectivity index (χ0) is 20.3. The molecule has 146 valence electrons. The third-order valence-corrected chi connectivity index (χ3v) is 4.09. The van der Waals surface area contributed by atoms with Gasteiger partial charge in [0, 0.05) is 16.6 Å². The lowest BCUT2D eigenvalue weighted by Crippen LogP contribution is -2.41. The molecule has 0 aliphatic carbocycles. The van der Waals surface area contributed by atoms with E-state index in [9.17, 15) is 9.59 Å². The van der Waals surface area contributed by atoms with Crippen molar-refractivity contribution in [3.63, 3.8) is 0 Å². The second-order valence-corrected chi connectivity index (χ2v) is 6.72. The molecule has 4 N–H and O–H groups in total. The molecular weight excluding hydrogens is 384 g/mol. The minimum atomic E-state index is -0.616. The van der Waals surface area contributed by atoms with Crippen molar-refractivity contribution in [2.75, 3.05) is 5.73 Å². The van der Waals surface area contributed by atoms with Crippen molar-refractivity contribution in [3.05, 3.63) is 58.6 Å². The number of carbonyl (C=O) groups excluding carboxylic acids is 2. The van der Waals surface area contributed by atoms with E-state index in [2.05, 4.69) is 15.8 Å². The second kappa shape index (κ2) is 8.28. The first-order chi connectivity index (χ1) is 13.3. The number of carbonyl (C=O) groups is 2. The van der Waals surface area contributed by atoms with Crippen LogP contribution in [-0.4, -0.2) is 22.9 Å². The summed E-state index contributed by atoms with van der Waals surface area (Å²) in [4.78, 5) is 28.7. The summed E-state index contributed by atoms with van der Waals surface area (Å²) in [6.45, 7) is 4.04. The van der Waals surface area contributed by atoms with Gasteiger partial charge in [-0.25, -0.2) is 0 Å². The van der Waals surface area contributed by atoms with E-state index >= 15 is 0 Å². The summed E-state index contributed by atoms with van der Waals surface area (Å²) in [6, 6.07) is 8.13. The highest BCUT2D eigenvalue weighted by Gasteiger charge is 2.16. The summed E-state index contributed by atoms with van der Waals surface area (Å²) in [5, 5.41) is 1.02. The van der Waals surface area contributed by atoms with Gasteiger partial charge in [-0.15, -0.1) is 0 Å². The Kier molecular flexibility index (Phi) is 5.81. The van der Waals surface area contributed by atoms with Crippen LogP contribution in [0.4, 0.5) is 5.69 Å². The highest BCUT2D eigenvalue weighted by atomic mass is 35.5. The molecule has 0 bridgehead atoms. The number of hydrogen-bond donors (Lipinski definition) is 3. The van der Waals surface area contributed by atoms with Gasteiger partial charge in [-0.05, 0) is 44.2 Å². The van der Waals surface area contributed by atoms with Gasteiger partial charge in [-0.1, -0.05) is 11.6 Å². The van der Waals surface area contributed by atoms with Crippen LogP contribution in [0.25, 0.3) is 10.9 Å². The number of nitrogens with one attached hydrogen (secondary N) is 2. The molecule has 0 aliphatic heterocycles. The van der Waals surface area contributed by atoms with Crippen molar-refractivity contribution in [3.8, 4) is 0 Å². The van der Waals surface area contributed by atoms with E-state index in [1.54, 1.807) is 24.3 Å². The van der Waals surface area contributed by atoms with Crippen molar-refractivity contribution in [2.24, 2.45) is 0 Å². The normalized spacial score (nSPS) is 11.0. The van der Waals surface area contributed by atoms with Crippen molar-refractivity contribution in [1.29, 1.82) is 0 Å². The first-order valence-corrected chi connectivity index (χ1v) is 8.87. The van der Waals surface area contributed by atoms with Gasteiger partial charge in [0.1, 0.15) is 12.4 Å². The van der Waals surface area contributed by atoms with Gasteiger partial charge >= 0.3 is 5.91 Å². The van der Waals surface area contributed by atoms with Crippen LogP contribution in [0.2, 0.25) is 5.02 Å². The summed E-state index contributed by atoms with van der Waals surface area (Å²) >= 11 is 5.97. The van der Waals surface area contributed by atoms with Gasteiger partial charge in [-0.3, -0.25) is 25.4 Å². The number of fused-ring (bicyclic) bond motifs is 1. The molecule has 2 aromatic heterocycles. The molecule has 9 heteroatoms. The van der Waals surface area contributed by atoms with Gasteiger partial charge in [0.2, 0.25) is 0 Å². The van der Waals surface area contributed by atoms with Crippen LogP contribution < -0.4 is 16.6 Å². The Morgan fingerprint density at radius 1 is 1.21 bits per heavy atom. The van der Waals surface area contributed by atoms with Gasteiger partial charge in [0.15, 0.2) is 5.76 Å². The number of pyridine rings is 1. The molecule has 3 rings (SSSR count). The summed E-state index contributed by atoms with van der Waals surface area (Å²) in [5.74, 6) is -0.682. The quantitative estimate of drug-likeness (QED) is 0.564. The molecule has 0 aliphatic rings. The third kappa shape index (κ3) is 4.41. The standard InChI is InChI=1S/C19H19ClN4O4/c1-10(2)27-9-12-4-6-16(28-12)19(26)24-23-18(25)14-8-22-15-5-3-11(20)7-13(15)17(14)21/h3-8,10H,9H2,1-2H3,(H2,21,22)(H,23,25)(H,24,26). The fourth-order valence-electron chi connectivity index (χ4n) is 2.44. The number of amides is 2. The maximum atomic E-state index is 12.4. The van der Waals surface area contributed by atoms with Crippen molar-refractivity contribution in [2.45, 2.75) is 26.6 Å². The molecule has 0 saturated carbocycles. The van der Waals surface area contributed by atoms with Crippen molar-refractivity contribution in [1.82, 2.24) is 15.8 Å². The number of rotatable bonds is 5. The largest absolute Gasteiger partial charge is 0.453 e. The highest BCUT2D eigenvalue weighted by molar-refractivity contribution is 6.31. The second-order valence-electron chi connectivity index (χ2n) is 6.28. The van der Waals surface area contributed by atoms with E-state index in [0.29, 0.717) is 21.7 Å². The number of aromatic nitrogens is 1. The minimum absolute atomic E-state index is 0.0394. The lowest BCUT2D eigenvalue weighted by molar-refractivity contribution is 0.0534. The Hall–Kier alpha value is -3.10. The molecule has 0 fully saturated rings. The molecule has 0 spiro atoms. The molecule has 1 aromatic carbocycles.